The molecule has 1 N–H and O–H groups in total. The van der Waals surface area contributed by atoms with Crippen molar-refractivity contribution in [3.05, 3.63) is 53.1 Å². The highest BCUT2D eigenvalue weighted by atomic mass is 19.1. The van der Waals surface area contributed by atoms with Crippen molar-refractivity contribution in [3.63, 3.8) is 0 Å². The number of rotatable bonds is 4. The van der Waals surface area contributed by atoms with E-state index in [1.165, 1.54) is 17.7 Å². The largest absolute Gasteiger partial charge is 0.388 e. The third-order valence-electron chi connectivity index (χ3n) is 4.59. The molecule has 0 radical (unpaired) electrons. The number of aliphatic hydroxyl groups is 1. The van der Waals surface area contributed by atoms with Gasteiger partial charge in [0.1, 0.15) is 5.82 Å². The molecule has 1 aromatic carbocycles. The van der Waals surface area contributed by atoms with Gasteiger partial charge in [-0.3, -0.25) is 9.58 Å². The molecule has 1 aromatic heterocycles. The fraction of sp³-hybridized carbons (Fsp3) is 0.471. The standard InChI is InChI=1S/C17H22FN3O/c1-13-15(10-19-20(13)2)11-21-8-7-17(22,12-21)9-14-3-5-16(18)6-4-14/h3-6,10,22H,7-9,11-12H2,1-2H3. The molecule has 22 heavy (non-hydrogen) atoms. The number of benzene rings is 1. The Morgan fingerprint density at radius 1 is 1.32 bits per heavy atom. The lowest BCUT2D eigenvalue weighted by Crippen LogP contribution is -2.35. The molecule has 1 fully saturated rings. The van der Waals surface area contributed by atoms with Crippen molar-refractivity contribution in [1.82, 2.24) is 14.7 Å². The summed E-state index contributed by atoms with van der Waals surface area (Å²) >= 11 is 0. The Morgan fingerprint density at radius 2 is 2.05 bits per heavy atom. The lowest BCUT2D eigenvalue weighted by atomic mass is 9.94. The van der Waals surface area contributed by atoms with Crippen molar-refractivity contribution in [1.29, 1.82) is 0 Å². The first-order valence-electron chi connectivity index (χ1n) is 7.62. The summed E-state index contributed by atoms with van der Waals surface area (Å²) in [6.45, 7) is 4.37. The monoisotopic (exact) mass is 303 g/mol. The van der Waals surface area contributed by atoms with Crippen molar-refractivity contribution >= 4 is 0 Å². The topological polar surface area (TPSA) is 41.3 Å². The summed E-state index contributed by atoms with van der Waals surface area (Å²) in [5, 5.41) is 15.0. The molecular formula is C17H22FN3O. The molecule has 0 bridgehead atoms. The summed E-state index contributed by atoms with van der Waals surface area (Å²) in [5.74, 6) is -0.240. The molecule has 4 nitrogen and oxygen atoms in total. The lowest BCUT2D eigenvalue weighted by Gasteiger charge is -2.23. The van der Waals surface area contributed by atoms with E-state index in [1.807, 2.05) is 17.9 Å². The molecule has 1 aliphatic heterocycles. The first-order valence-corrected chi connectivity index (χ1v) is 7.62. The minimum Gasteiger partial charge on any atom is -0.388 e. The van der Waals surface area contributed by atoms with Gasteiger partial charge in [-0.1, -0.05) is 12.1 Å². The van der Waals surface area contributed by atoms with Gasteiger partial charge >= 0.3 is 0 Å². The number of aromatic nitrogens is 2. The maximum Gasteiger partial charge on any atom is 0.123 e. The average Bonchev–Trinajstić information content (AvgIpc) is 2.99. The number of hydrogen-bond donors (Lipinski definition) is 1. The fourth-order valence-corrected chi connectivity index (χ4v) is 3.14. The van der Waals surface area contributed by atoms with Gasteiger partial charge in [0.05, 0.1) is 11.8 Å². The summed E-state index contributed by atoms with van der Waals surface area (Å²) in [6.07, 6.45) is 3.20. The van der Waals surface area contributed by atoms with Crippen LogP contribution in [0.5, 0.6) is 0 Å². The number of halogens is 1. The van der Waals surface area contributed by atoms with E-state index < -0.39 is 5.60 Å². The van der Waals surface area contributed by atoms with E-state index in [-0.39, 0.29) is 5.82 Å². The molecule has 118 valence electrons. The first-order chi connectivity index (χ1) is 10.5. The number of hydrogen-bond acceptors (Lipinski definition) is 3. The SMILES string of the molecule is Cc1c(CN2CCC(O)(Cc3ccc(F)cc3)C2)cnn1C. The Hall–Kier alpha value is -1.72. The van der Waals surface area contributed by atoms with Crippen LogP contribution in [0.15, 0.2) is 30.5 Å². The fourth-order valence-electron chi connectivity index (χ4n) is 3.14. The van der Waals surface area contributed by atoms with E-state index in [0.29, 0.717) is 13.0 Å². The highest BCUT2D eigenvalue weighted by Crippen LogP contribution is 2.27. The molecule has 0 saturated carbocycles. The Bertz CT molecular complexity index is 652. The van der Waals surface area contributed by atoms with Crippen LogP contribution in [0.1, 0.15) is 23.2 Å². The van der Waals surface area contributed by atoms with Crippen LogP contribution in [0.4, 0.5) is 4.39 Å². The third kappa shape index (κ3) is 3.20. The Balaban J connectivity index is 1.63. The second kappa shape index (κ2) is 5.82. The maximum atomic E-state index is 13.0. The highest BCUT2D eigenvalue weighted by molar-refractivity contribution is 5.20. The van der Waals surface area contributed by atoms with Crippen LogP contribution in [0, 0.1) is 12.7 Å². The second-order valence-electron chi connectivity index (χ2n) is 6.37. The molecule has 1 aliphatic rings. The molecule has 5 heteroatoms. The second-order valence-corrected chi connectivity index (χ2v) is 6.37. The van der Waals surface area contributed by atoms with Crippen LogP contribution in [0.3, 0.4) is 0 Å². The van der Waals surface area contributed by atoms with E-state index in [1.54, 1.807) is 12.1 Å². The lowest BCUT2D eigenvalue weighted by molar-refractivity contribution is 0.0488. The predicted octanol–water partition coefficient (Wildman–Crippen LogP) is 2.05. The van der Waals surface area contributed by atoms with E-state index in [9.17, 15) is 9.50 Å². The highest BCUT2D eigenvalue weighted by Gasteiger charge is 2.36. The zero-order valence-electron chi connectivity index (χ0n) is 13.1. The minimum atomic E-state index is -0.728. The molecule has 0 spiro atoms. The molecular weight excluding hydrogens is 281 g/mol. The van der Waals surface area contributed by atoms with Gasteiger partial charge in [0.25, 0.3) is 0 Å². The number of nitrogens with zero attached hydrogens (tertiary/aromatic N) is 3. The maximum absolute atomic E-state index is 13.0. The van der Waals surface area contributed by atoms with Crippen LogP contribution in [-0.4, -0.2) is 38.5 Å². The number of β-amino-alcohol motifs (C(OH)–C–C–N with tert-alkyl or cyclic N) is 1. The molecule has 1 saturated heterocycles. The van der Waals surface area contributed by atoms with Gasteiger partial charge in [0.2, 0.25) is 0 Å². The Morgan fingerprint density at radius 3 is 2.68 bits per heavy atom. The zero-order valence-corrected chi connectivity index (χ0v) is 13.1. The molecule has 0 amide bonds. The van der Waals surface area contributed by atoms with E-state index in [0.717, 1.165) is 30.8 Å². The van der Waals surface area contributed by atoms with Crippen molar-refractivity contribution in [2.45, 2.75) is 31.9 Å². The molecule has 1 atom stereocenters. The zero-order chi connectivity index (χ0) is 15.7. The van der Waals surface area contributed by atoms with Crippen molar-refractivity contribution in [2.75, 3.05) is 13.1 Å². The molecule has 3 rings (SSSR count). The quantitative estimate of drug-likeness (QED) is 0.940. The van der Waals surface area contributed by atoms with E-state index in [4.69, 9.17) is 0 Å². The van der Waals surface area contributed by atoms with Crippen LogP contribution < -0.4 is 0 Å². The number of likely N-dealkylation sites (tertiary alicyclic amines) is 1. The van der Waals surface area contributed by atoms with Crippen LogP contribution in [0.25, 0.3) is 0 Å². The number of aryl methyl sites for hydroxylation is 1. The van der Waals surface area contributed by atoms with Crippen molar-refractivity contribution < 1.29 is 9.50 Å². The van der Waals surface area contributed by atoms with E-state index >= 15 is 0 Å². The van der Waals surface area contributed by atoms with Crippen molar-refractivity contribution in [3.8, 4) is 0 Å². The molecule has 2 heterocycles. The van der Waals surface area contributed by atoms with Crippen molar-refractivity contribution in [2.24, 2.45) is 7.05 Å². The molecule has 1 unspecified atom stereocenters. The van der Waals surface area contributed by atoms with Gasteiger partial charge in [-0.05, 0) is 31.0 Å². The summed E-state index contributed by atoms with van der Waals surface area (Å²) in [6, 6.07) is 6.40. The van der Waals surface area contributed by atoms with Gasteiger partial charge < -0.3 is 5.11 Å². The van der Waals surface area contributed by atoms with Gasteiger partial charge in [-0.2, -0.15) is 5.10 Å². The minimum absolute atomic E-state index is 0.240. The first kappa shape index (κ1) is 15.2. The molecule has 2 aromatic rings. The molecule has 0 aliphatic carbocycles. The summed E-state index contributed by atoms with van der Waals surface area (Å²) < 4.78 is 14.8. The van der Waals surface area contributed by atoms with Gasteiger partial charge in [0.15, 0.2) is 0 Å². The smallest absolute Gasteiger partial charge is 0.123 e. The Labute approximate surface area is 130 Å². The summed E-state index contributed by atoms with van der Waals surface area (Å²) in [5.41, 5.74) is 2.61. The van der Waals surface area contributed by atoms with Crippen LogP contribution in [0.2, 0.25) is 0 Å². The Kier molecular flexibility index (Phi) is 4.02. The summed E-state index contributed by atoms with van der Waals surface area (Å²) in [4.78, 5) is 2.26. The van der Waals surface area contributed by atoms with Gasteiger partial charge in [-0.15, -0.1) is 0 Å². The summed E-state index contributed by atoms with van der Waals surface area (Å²) in [7, 11) is 1.94. The van der Waals surface area contributed by atoms with Crippen LogP contribution in [-0.2, 0) is 20.0 Å². The van der Waals surface area contributed by atoms with Gasteiger partial charge in [0, 0.05) is 44.4 Å². The third-order valence-corrected chi connectivity index (χ3v) is 4.59. The average molecular weight is 303 g/mol. The normalized spacial score (nSPS) is 22.4. The predicted molar refractivity (Wildman–Crippen MR) is 82.9 cm³/mol. The van der Waals surface area contributed by atoms with E-state index in [2.05, 4.69) is 16.9 Å². The van der Waals surface area contributed by atoms with Gasteiger partial charge in [-0.25, -0.2) is 4.39 Å². The van der Waals surface area contributed by atoms with Crippen LogP contribution >= 0.6 is 0 Å².